The molecule has 0 aromatic heterocycles. The highest BCUT2D eigenvalue weighted by Gasteiger charge is 2.35. The summed E-state index contributed by atoms with van der Waals surface area (Å²) in [4.78, 5) is 28.1. The largest absolute Gasteiger partial charge is 0.494 e. The third-order valence-electron chi connectivity index (χ3n) is 6.43. The van der Waals surface area contributed by atoms with Crippen LogP contribution in [0.1, 0.15) is 25.0 Å². The summed E-state index contributed by atoms with van der Waals surface area (Å²) in [7, 11) is -3.97. The molecule has 0 aliphatic carbocycles. The molecule has 39 heavy (non-hydrogen) atoms. The van der Waals surface area contributed by atoms with Crippen molar-refractivity contribution in [3.8, 4) is 11.5 Å². The molecule has 3 aromatic carbocycles. The molecule has 0 unspecified atom stereocenters. The van der Waals surface area contributed by atoms with Crippen LogP contribution in [-0.4, -0.2) is 56.9 Å². The van der Waals surface area contributed by atoms with Crippen LogP contribution in [0.15, 0.2) is 77.7 Å². The highest BCUT2D eigenvalue weighted by molar-refractivity contribution is 7.89. The zero-order chi connectivity index (χ0) is 28.0. The van der Waals surface area contributed by atoms with Gasteiger partial charge in [-0.05, 0) is 55.3 Å². The number of anilines is 1. The zero-order valence-corrected chi connectivity index (χ0v) is 23.1. The summed E-state index contributed by atoms with van der Waals surface area (Å²) < 4.78 is 39.5. The molecule has 1 atom stereocenters. The number of likely N-dealkylation sites (N-methyl/N-ethyl adjacent to an activating group) is 1. The Kier molecular flexibility index (Phi) is 8.88. The number of para-hydroxylation sites is 2. The van der Waals surface area contributed by atoms with Crippen LogP contribution in [0.2, 0.25) is 0 Å². The number of carbonyl (C=O) groups is 2. The lowest BCUT2D eigenvalue weighted by molar-refractivity contribution is -0.128. The second kappa shape index (κ2) is 12.3. The maximum atomic E-state index is 13.6. The van der Waals surface area contributed by atoms with Gasteiger partial charge >= 0.3 is 0 Å². The van der Waals surface area contributed by atoms with Gasteiger partial charge in [-0.1, -0.05) is 49.4 Å². The molecule has 0 bridgehead atoms. The van der Waals surface area contributed by atoms with Crippen molar-refractivity contribution in [2.24, 2.45) is 0 Å². The van der Waals surface area contributed by atoms with Gasteiger partial charge in [0.1, 0.15) is 11.5 Å². The van der Waals surface area contributed by atoms with Crippen LogP contribution in [0.3, 0.4) is 0 Å². The molecular formula is C29H33N3O6S. The standard InChI is InChI=1S/C29H33N3O6S/c1-4-31(39(35,36)23-15-16-25(37-5-2)21(3)17-23)20-28(33)32-19-27(38-26-14-10-9-13-24(26)32)29(34)30-18-22-11-7-6-8-12-22/h6-17,27H,4-5,18-20H2,1-3H3,(H,30,34)/t27-/m1/s1. The van der Waals surface area contributed by atoms with Crippen LogP contribution in [0, 0.1) is 6.92 Å². The highest BCUT2D eigenvalue weighted by atomic mass is 32.2. The van der Waals surface area contributed by atoms with Crippen molar-refractivity contribution in [2.45, 2.75) is 38.3 Å². The van der Waals surface area contributed by atoms with Crippen LogP contribution in [0.5, 0.6) is 11.5 Å². The van der Waals surface area contributed by atoms with E-state index in [9.17, 15) is 18.0 Å². The average Bonchev–Trinajstić information content (AvgIpc) is 2.95. The van der Waals surface area contributed by atoms with E-state index in [2.05, 4.69) is 5.32 Å². The first kappa shape index (κ1) is 28.1. The molecule has 0 saturated heterocycles. The molecule has 9 nitrogen and oxygen atoms in total. The number of rotatable bonds is 10. The van der Waals surface area contributed by atoms with Gasteiger partial charge in [-0.15, -0.1) is 0 Å². The summed E-state index contributed by atoms with van der Waals surface area (Å²) in [5.74, 6) is 0.165. The average molecular weight is 552 g/mol. The monoisotopic (exact) mass is 551 g/mol. The molecule has 10 heteroatoms. The van der Waals surface area contributed by atoms with Gasteiger partial charge in [0.25, 0.3) is 5.91 Å². The third kappa shape index (κ3) is 6.40. The minimum atomic E-state index is -3.97. The zero-order valence-electron chi connectivity index (χ0n) is 22.3. The number of hydrogen-bond acceptors (Lipinski definition) is 6. The topological polar surface area (TPSA) is 105 Å². The molecule has 206 valence electrons. The van der Waals surface area contributed by atoms with Crippen molar-refractivity contribution < 1.29 is 27.5 Å². The van der Waals surface area contributed by atoms with Gasteiger partial charge < -0.3 is 19.7 Å². The Labute approximate surface area is 229 Å². The second-order valence-corrected chi connectivity index (χ2v) is 11.0. The van der Waals surface area contributed by atoms with E-state index in [1.54, 1.807) is 50.2 Å². The third-order valence-corrected chi connectivity index (χ3v) is 8.34. The molecule has 0 fully saturated rings. The van der Waals surface area contributed by atoms with Gasteiger partial charge in [0.15, 0.2) is 6.10 Å². The lowest BCUT2D eigenvalue weighted by Crippen LogP contribution is -2.53. The molecule has 2 amide bonds. The number of fused-ring (bicyclic) bond motifs is 1. The fourth-order valence-corrected chi connectivity index (χ4v) is 5.84. The van der Waals surface area contributed by atoms with Crippen molar-refractivity contribution >= 4 is 27.5 Å². The van der Waals surface area contributed by atoms with Crippen molar-refractivity contribution in [1.29, 1.82) is 0 Å². The van der Waals surface area contributed by atoms with Crippen LogP contribution >= 0.6 is 0 Å². The number of carbonyl (C=O) groups excluding carboxylic acids is 2. The van der Waals surface area contributed by atoms with Crippen LogP contribution in [0.25, 0.3) is 0 Å². The first-order valence-electron chi connectivity index (χ1n) is 12.9. The first-order valence-corrected chi connectivity index (χ1v) is 14.3. The number of ether oxygens (including phenoxy) is 2. The summed E-state index contributed by atoms with van der Waals surface area (Å²) >= 11 is 0. The van der Waals surface area contributed by atoms with E-state index < -0.39 is 28.6 Å². The summed E-state index contributed by atoms with van der Waals surface area (Å²) in [6.45, 7) is 5.75. The Hall–Kier alpha value is -3.89. The van der Waals surface area contributed by atoms with Crippen molar-refractivity contribution in [3.63, 3.8) is 0 Å². The van der Waals surface area contributed by atoms with Gasteiger partial charge in [-0.3, -0.25) is 9.59 Å². The Morgan fingerprint density at radius 1 is 1.05 bits per heavy atom. The Bertz CT molecular complexity index is 1430. The van der Waals surface area contributed by atoms with E-state index >= 15 is 0 Å². The lowest BCUT2D eigenvalue weighted by atomic mass is 10.1. The SMILES string of the molecule is CCOc1ccc(S(=O)(=O)N(CC)CC(=O)N2C[C@H](C(=O)NCc3ccccc3)Oc3ccccc32)cc1C. The molecule has 1 aliphatic rings. The van der Waals surface area contributed by atoms with E-state index in [1.807, 2.05) is 37.3 Å². The van der Waals surface area contributed by atoms with Crippen molar-refractivity contribution in [2.75, 3.05) is 31.1 Å². The molecule has 0 spiro atoms. The Balaban J connectivity index is 1.52. The van der Waals surface area contributed by atoms with Crippen molar-refractivity contribution in [1.82, 2.24) is 9.62 Å². The van der Waals surface area contributed by atoms with Gasteiger partial charge in [-0.2, -0.15) is 4.31 Å². The predicted octanol–water partition coefficient (Wildman–Crippen LogP) is 3.51. The minimum absolute atomic E-state index is 0.0454. The smallest absolute Gasteiger partial charge is 0.263 e. The molecule has 1 N–H and O–H groups in total. The normalized spacial score (nSPS) is 14.9. The number of nitrogens with one attached hydrogen (secondary N) is 1. The fraction of sp³-hybridized carbons (Fsp3) is 0.310. The molecule has 4 rings (SSSR count). The number of nitrogens with zero attached hydrogens (tertiary/aromatic N) is 2. The Morgan fingerprint density at radius 3 is 2.46 bits per heavy atom. The summed E-state index contributed by atoms with van der Waals surface area (Å²) in [5.41, 5.74) is 2.11. The molecule has 3 aromatic rings. The number of hydrogen-bond donors (Lipinski definition) is 1. The predicted molar refractivity (Wildman–Crippen MR) is 148 cm³/mol. The quantitative estimate of drug-likeness (QED) is 0.414. The van der Waals surface area contributed by atoms with Crippen LogP contribution in [-0.2, 0) is 26.2 Å². The van der Waals surface area contributed by atoms with E-state index in [0.717, 1.165) is 9.87 Å². The summed E-state index contributed by atoms with van der Waals surface area (Å²) in [5, 5.41) is 2.86. The maximum Gasteiger partial charge on any atom is 0.263 e. The second-order valence-electron chi connectivity index (χ2n) is 9.07. The van der Waals surface area contributed by atoms with E-state index in [0.29, 0.717) is 35.9 Å². The number of sulfonamides is 1. The summed E-state index contributed by atoms with van der Waals surface area (Å²) in [6, 6.07) is 21.0. The van der Waals surface area contributed by atoms with E-state index in [4.69, 9.17) is 9.47 Å². The molecule has 1 aliphatic heterocycles. The molecule has 1 heterocycles. The van der Waals surface area contributed by atoms with Gasteiger partial charge in [-0.25, -0.2) is 8.42 Å². The first-order chi connectivity index (χ1) is 18.7. The Morgan fingerprint density at radius 2 is 1.77 bits per heavy atom. The highest BCUT2D eigenvalue weighted by Crippen LogP contribution is 2.33. The lowest BCUT2D eigenvalue weighted by Gasteiger charge is -2.35. The van der Waals surface area contributed by atoms with Gasteiger partial charge in [0, 0.05) is 13.1 Å². The number of benzene rings is 3. The van der Waals surface area contributed by atoms with Crippen LogP contribution in [0.4, 0.5) is 5.69 Å². The van der Waals surface area contributed by atoms with E-state index in [-0.39, 0.29) is 23.9 Å². The minimum Gasteiger partial charge on any atom is -0.494 e. The van der Waals surface area contributed by atoms with Crippen molar-refractivity contribution in [3.05, 3.63) is 83.9 Å². The van der Waals surface area contributed by atoms with Gasteiger partial charge in [0.05, 0.1) is 30.3 Å². The summed E-state index contributed by atoms with van der Waals surface area (Å²) in [6.07, 6.45) is -0.951. The van der Waals surface area contributed by atoms with Gasteiger partial charge in [0.2, 0.25) is 15.9 Å². The molecule has 0 saturated carbocycles. The maximum absolute atomic E-state index is 13.6. The van der Waals surface area contributed by atoms with E-state index in [1.165, 1.54) is 11.0 Å². The molecular weight excluding hydrogens is 518 g/mol. The van der Waals surface area contributed by atoms with Crippen LogP contribution < -0.4 is 19.7 Å². The molecule has 0 radical (unpaired) electrons. The number of aryl methyl sites for hydroxylation is 1. The number of amides is 2. The fourth-order valence-electron chi connectivity index (χ4n) is 4.36.